The molecule has 0 unspecified atom stereocenters. The van der Waals surface area contributed by atoms with Gasteiger partial charge in [-0.3, -0.25) is 4.98 Å². The van der Waals surface area contributed by atoms with E-state index in [1.807, 2.05) is 36.4 Å². The summed E-state index contributed by atoms with van der Waals surface area (Å²) >= 11 is 0. The van der Waals surface area contributed by atoms with Crippen molar-refractivity contribution >= 4 is 17.0 Å². The van der Waals surface area contributed by atoms with Gasteiger partial charge in [0.25, 0.3) is 0 Å². The van der Waals surface area contributed by atoms with Gasteiger partial charge in [-0.25, -0.2) is 4.98 Å². The smallest absolute Gasteiger partial charge is 0.247 e. The van der Waals surface area contributed by atoms with Crippen LogP contribution in [0.2, 0.25) is 0 Å². The lowest BCUT2D eigenvalue weighted by atomic mass is 10.3. The lowest BCUT2D eigenvalue weighted by Gasteiger charge is -1.91. The summed E-state index contributed by atoms with van der Waals surface area (Å²) in [6.45, 7) is 0.527. The number of hydrogen-bond acceptors (Lipinski definition) is 4. The van der Waals surface area contributed by atoms with Gasteiger partial charge in [0, 0.05) is 12.4 Å². The van der Waals surface area contributed by atoms with E-state index in [4.69, 9.17) is 0 Å². The second-order valence-electron chi connectivity index (χ2n) is 3.83. The fourth-order valence-corrected chi connectivity index (χ4v) is 1.66. The van der Waals surface area contributed by atoms with Crippen molar-refractivity contribution in [2.75, 3.05) is 0 Å². The van der Waals surface area contributed by atoms with Crippen molar-refractivity contribution in [2.24, 2.45) is 10.2 Å². The van der Waals surface area contributed by atoms with E-state index >= 15 is 0 Å². The molecular formula is C13H11N5. The van der Waals surface area contributed by atoms with Crippen LogP contribution in [0.25, 0.3) is 11.0 Å². The molecule has 0 atom stereocenters. The molecule has 0 radical (unpaired) electrons. The summed E-state index contributed by atoms with van der Waals surface area (Å²) < 4.78 is 0. The minimum absolute atomic E-state index is 0.527. The topological polar surface area (TPSA) is 66.3 Å². The molecule has 0 spiro atoms. The maximum atomic E-state index is 4.32. The molecule has 1 aromatic carbocycles. The first-order valence-corrected chi connectivity index (χ1v) is 5.63. The highest BCUT2D eigenvalue weighted by molar-refractivity contribution is 5.76. The van der Waals surface area contributed by atoms with E-state index in [0.717, 1.165) is 16.6 Å². The van der Waals surface area contributed by atoms with Gasteiger partial charge in [0.1, 0.15) is 0 Å². The summed E-state index contributed by atoms with van der Waals surface area (Å²) in [6, 6.07) is 11.6. The minimum atomic E-state index is 0.527. The summed E-state index contributed by atoms with van der Waals surface area (Å²) in [4.78, 5) is 11.4. The van der Waals surface area contributed by atoms with E-state index in [1.165, 1.54) is 0 Å². The van der Waals surface area contributed by atoms with E-state index in [-0.39, 0.29) is 0 Å². The second kappa shape index (κ2) is 4.75. The number of H-pyrrole nitrogens is 1. The van der Waals surface area contributed by atoms with Crippen molar-refractivity contribution in [3.05, 3.63) is 54.4 Å². The molecule has 0 aliphatic carbocycles. The molecule has 0 aliphatic rings. The molecule has 0 saturated heterocycles. The molecule has 5 nitrogen and oxygen atoms in total. The zero-order chi connectivity index (χ0) is 12.2. The van der Waals surface area contributed by atoms with Gasteiger partial charge >= 0.3 is 0 Å². The average molecular weight is 237 g/mol. The quantitative estimate of drug-likeness (QED) is 0.710. The third kappa shape index (κ3) is 2.24. The summed E-state index contributed by atoms with van der Waals surface area (Å²) in [5.74, 6) is 0.533. The summed E-state index contributed by atoms with van der Waals surface area (Å²) in [6.07, 6.45) is 3.48. The molecule has 3 rings (SSSR count). The van der Waals surface area contributed by atoms with E-state index < -0.39 is 0 Å². The SMILES string of the molecule is c1ccc2[nH]c(N=NCc3ccncc3)nc2c1. The lowest BCUT2D eigenvalue weighted by molar-refractivity contribution is 0.936. The molecule has 88 valence electrons. The number of imidazole rings is 1. The van der Waals surface area contributed by atoms with Crippen molar-refractivity contribution < 1.29 is 0 Å². The Morgan fingerprint density at radius 2 is 1.89 bits per heavy atom. The standard InChI is InChI=1S/C13H11N5/c1-2-4-12-11(3-1)16-13(17-12)18-15-9-10-5-7-14-8-6-10/h1-8H,9H2,(H,16,17). The number of pyridine rings is 1. The Bertz CT molecular complexity index is 639. The number of rotatable bonds is 3. The van der Waals surface area contributed by atoms with Crippen LogP contribution in [-0.2, 0) is 6.54 Å². The predicted molar refractivity (Wildman–Crippen MR) is 68.6 cm³/mol. The third-order valence-corrected chi connectivity index (χ3v) is 2.54. The number of hydrogen-bond donors (Lipinski definition) is 1. The van der Waals surface area contributed by atoms with Crippen LogP contribution in [0.15, 0.2) is 59.0 Å². The number of fused-ring (bicyclic) bond motifs is 1. The van der Waals surface area contributed by atoms with E-state index in [2.05, 4.69) is 25.2 Å². The Labute approximate surface area is 104 Å². The third-order valence-electron chi connectivity index (χ3n) is 2.54. The molecule has 5 heteroatoms. The van der Waals surface area contributed by atoms with Gasteiger partial charge in [0.05, 0.1) is 17.6 Å². The zero-order valence-corrected chi connectivity index (χ0v) is 9.61. The molecule has 18 heavy (non-hydrogen) atoms. The van der Waals surface area contributed by atoms with Crippen LogP contribution in [0.5, 0.6) is 0 Å². The van der Waals surface area contributed by atoms with Crippen molar-refractivity contribution in [3.63, 3.8) is 0 Å². The number of para-hydroxylation sites is 2. The molecule has 0 saturated carbocycles. The van der Waals surface area contributed by atoms with Crippen LogP contribution in [0.1, 0.15) is 5.56 Å². The molecule has 1 N–H and O–H groups in total. The molecule has 0 bridgehead atoms. The van der Waals surface area contributed by atoms with Gasteiger partial charge < -0.3 is 4.98 Å². The van der Waals surface area contributed by atoms with Crippen LogP contribution in [0.3, 0.4) is 0 Å². The molecule has 0 aliphatic heterocycles. The monoisotopic (exact) mass is 237 g/mol. The van der Waals surface area contributed by atoms with Gasteiger partial charge in [0.2, 0.25) is 5.95 Å². The number of azo groups is 1. The molecule has 2 heterocycles. The van der Waals surface area contributed by atoms with E-state index in [0.29, 0.717) is 12.5 Å². The molecule has 0 amide bonds. The van der Waals surface area contributed by atoms with Crippen molar-refractivity contribution in [3.8, 4) is 0 Å². The van der Waals surface area contributed by atoms with Crippen molar-refractivity contribution in [1.82, 2.24) is 15.0 Å². The Morgan fingerprint density at radius 3 is 2.72 bits per heavy atom. The van der Waals surface area contributed by atoms with Crippen molar-refractivity contribution in [1.29, 1.82) is 0 Å². The maximum absolute atomic E-state index is 4.32. The van der Waals surface area contributed by atoms with Gasteiger partial charge in [-0.15, -0.1) is 5.11 Å². The van der Waals surface area contributed by atoms with Crippen LogP contribution in [-0.4, -0.2) is 15.0 Å². The highest BCUT2D eigenvalue weighted by Gasteiger charge is 1.99. The normalized spacial score (nSPS) is 11.3. The van der Waals surface area contributed by atoms with Crippen LogP contribution >= 0.6 is 0 Å². The van der Waals surface area contributed by atoms with Gasteiger partial charge in [0.15, 0.2) is 0 Å². The van der Waals surface area contributed by atoms with Gasteiger partial charge in [-0.05, 0) is 29.8 Å². The average Bonchev–Trinajstić information content (AvgIpc) is 2.82. The first-order chi connectivity index (χ1) is 8.92. The van der Waals surface area contributed by atoms with Crippen LogP contribution in [0, 0.1) is 0 Å². The van der Waals surface area contributed by atoms with Gasteiger partial charge in [-0.2, -0.15) is 5.11 Å². The first kappa shape index (κ1) is 10.6. The molecular weight excluding hydrogens is 226 g/mol. The molecule has 3 aromatic rings. The first-order valence-electron chi connectivity index (χ1n) is 5.63. The Morgan fingerprint density at radius 1 is 1.06 bits per heavy atom. The maximum Gasteiger partial charge on any atom is 0.247 e. The fourth-order valence-electron chi connectivity index (χ4n) is 1.66. The summed E-state index contributed by atoms with van der Waals surface area (Å²) in [5.41, 5.74) is 2.94. The Hall–Kier alpha value is -2.56. The number of nitrogens with zero attached hydrogens (tertiary/aromatic N) is 4. The van der Waals surface area contributed by atoms with E-state index in [9.17, 15) is 0 Å². The zero-order valence-electron chi connectivity index (χ0n) is 9.61. The molecule has 2 aromatic heterocycles. The number of aromatic nitrogens is 3. The minimum Gasteiger partial charge on any atom is -0.321 e. The Balaban J connectivity index is 1.76. The van der Waals surface area contributed by atoms with Crippen LogP contribution < -0.4 is 0 Å². The summed E-state index contributed by atoms with van der Waals surface area (Å²) in [7, 11) is 0. The highest BCUT2D eigenvalue weighted by atomic mass is 15.2. The molecule has 0 fully saturated rings. The highest BCUT2D eigenvalue weighted by Crippen LogP contribution is 2.15. The lowest BCUT2D eigenvalue weighted by Crippen LogP contribution is -1.79. The number of benzene rings is 1. The van der Waals surface area contributed by atoms with Gasteiger partial charge in [-0.1, -0.05) is 12.1 Å². The number of nitrogens with one attached hydrogen (secondary N) is 1. The second-order valence-corrected chi connectivity index (χ2v) is 3.83. The predicted octanol–water partition coefficient (Wildman–Crippen LogP) is 3.24. The Kier molecular flexibility index (Phi) is 2.79. The number of aromatic amines is 1. The van der Waals surface area contributed by atoms with E-state index in [1.54, 1.807) is 12.4 Å². The largest absolute Gasteiger partial charge is 0.321 e. The van der Waals surface area contributed by atoms with Crippen LogP contribution in [0.4, 0.5) is 5.95 Å². The fraction of sp³-hybridized carbons (Fsp3) is 0.0769. The van der Waals surface area contributed by atoms with Crippen molar-refractivity contribution in [2.45, 2.75) is 6.54 Å². The summed E-state index contributed by atoms with van der Waals surface area (Å²) in [5, 5.41) is 8.19.